The van der Waals surface area contributed by atoms with Gasteiger partial charge in [0.25, 0.3) is 0 Å². The Morgan fingerprint density at radius 2 is 1.02 bits per heavy atom. The van der Waals surface area contributed by atoms with Gasteiger partial charge >= 0.3 is 0 Å². The molecule has 0 amide bonds. The molecule has 0 aromatic heterocycles. The largest absolute Gasteiger partial charge is 0.641 e. The fraction of sp³-hybridized carbons (Fsp3) is 0.200. The third-order valence-corrected chi connectivity index (χ3v) is 11.4. The summed E-state index contributed by atoms with van der Waals surface area (Å²) in [5.41, 5.74) is 2.59. The van der Waals surface area contributed by atoms with E-state index < -0.39 is 0 Å². The topological polar surface area (TPSA) is 0 Å². The van der Waals surface area contributed by atoms with Crippen LogP contribution in [0.1, 0.15) is 41.5 Å². The molecule has 0 saturated heterocycles. The van der Waals surface area contributed by atoms with Crippen LogP contribution in [0.3, 0.4) is 0 Å². The van der Waals surface area contributed by atoms with Gasteiger partial charge in [-0.2, -0.15) is 24.3 Å². The zero-order valence-electron chi connectivity index (χ0n) is 25.4. The van der Waals surface area contributed by atoms with Crippen LogP contribution in [0.2, 0.25) is 0 Å². The first kappa shape index (κ1) is 30.3. The number of benzene rings is 5. The molecule has 0 aliphatic rings. The summed E-state index contributed by atoms with van der Waals surface area (Å²) in [6.07, 6.45) is 0. The molecule has 0 aliphatic carbocycles. The molecule has 2 heteroatoms. The summed E-state index contributed by atoms with van der Waals surface area (Å²) in [7, 11) is -0.101. The molecule has 0 atom stereocenters. The molecule has 0 bridgehead atoms. The second-order valence-electron chi connectivity index (χ2n) is 13.1. The average molecular weight is 607 g/mol. The van der Waals surface area contributed by atoms with Gasteiger partial charge < -0.3 is 46.8 Å². The van der Waals surface area contributed by atoms with Crippen LogP contribution in [0.4, 0.5) is 0 Å². The molecule has 0 saturated carbocycles. The normalized spacial score (nSPS) is 12.1. The van der Waals surface area contributed by atoms with Gasteiger partial charge in [-0.05, 0) is 54.8 Å². The maximum Gasteiger partial charge on any atom is 0 e. The van der Waals surface area contributed by atoms with E-state index in [0.717, 1.165) is 0 Å². The van der Waals surface area contributed by atoms with Gasteiger partial charge in [0.05, 0.1) is 0 Å². The Balaban J connectivity index is 0.000000202. The first-order valence-electron chi connectivity index (χ1n) is 14.6. The summed E-state index contributed by atoms with van der Waals surface area (Å²) in [6, 6.07) is 46.5. The second-order valence-corrected chi connectivity index (χ2v) is 17.0. The van der Waals surface area contributed by atoms with Crippen LogP contribution in [0.5, 0.6) is 0 Å². The molecule has 0 spiro atoms. The minimum Gasteiger partial charge on any atom is -0.641 e. The minimum atomic E-state index is -0.101. The summed E-state index contributed by atoms with van der Waals surface area (Å²) in [6.45, 7) is 14.1. The van der Waals surface area contributed by atoms with Crippen molar-refractivity contribution in [3.8, 4) is 11.1 Å². The smallest absolute Gasteiger partial charge is 0 e. The van der Waals surface area contributed by atoms with Crippen LogP contribution < -0.4 is 5.30 Å². The van der Waals surface area contributed by atoms with Crippen molar-refractivity contribution in [3.63, 3.8) is 0 Å². The standard InChI is InChI=1S/C27H17.C13H22P.Fe/c1-2-7-18(6-1)24-11-5-10-21-15-23-13-12-22-14-19-8-3-4-9-20(19)16-25(22)27(23)17-26(21)24;1-12(2,3)14(13(4,5)6)11-9-7-8-10-11;/h1-17H;7-10H,1-6H3;/q-5;-1;. The monoisotopic (exact) mass is 606 g/mol. The van der Waals surface area contributed by atoms with E-state index in [4.69, 9.17) is 0 Å². The van der Waals surface area contributed by atoms with Crippen LogP contribution in [-0.4, -0.2) is 10.3 Å². The Hall–Kier alpha value is -3.21. The summed E-state index contributed by atoms with van der Waals surface area (Å²) < 4.78 is 0. The summed E-state index contributed by atoms with van der Waals surface area (Å²) in [5.74, 6) is 0. The van der Waals surface area contributed by atoms with Crippen molar-refractivity contribution in [3.05, 3.63) is 127 Å². The molecule has 0 fully saturated rings. The maximum atomic E-state index is 2.38. The van der Waals surface area contributed by atoms with Crippen molar-refractivity contribution in [1.29, 1.82) is 0 Å². The van der Waals surface area contributed by atoms with Gasteiger partial charge in [-0.1, -0.05) is 84.0 Å². The van der Waals surface area contributed by atoms with Crippen LogP contribution in [0.25, 0.3) is 54.2 Å². The minimum absolute atomic E-state index is 0. The summed E-state index contributed by atoms with van der Waals surface area (Å²) in [5, 5.41) is 12.8. The predicted octanol–water partition coefficient (Wildman–Crippen LogP) is 11.8. The van der Waals surface area contributed by atoms with E-state index in [9.17, 15) is 0 Å². The first-order valence-corrected chi connectivity index (χ1v) is 16.0. The SMILES string of the molecule is CC(C)(C)P([c-]1cccc1)C(C)(C)C.[Fe].c1ccc2cc3c(ccc4cc5cccc(-[c-]6[cH-][cH-][cH-][cH-]6)c5cc43)cc2c1. The number of hydrogen-bond acceptors (Lipinski definition) is 0. The molecule has 42 heavy (non-hydrogen) atoms. The Kier molecular flexibility index (Phi) is 8.51. The quantitative estimate of drug-likeness (QED) is 0.0604. The fourth-order valence-electron chi connectivity index (χ4n) is 6.62. The van der Waals surface area contributed by atoms with Crippen molar-refractivity contribution in [2.75, 3.05) is 0 Å². The molecule has 0 N–H and O–H groups in total. The van der Waals surface area contributed by atoms with Gasteiger partial charge in [0, 0.05) is 17.1 Å². The Bertz CT molecular complexity index is 1930. The van der Waals surface area contributed by atoms with Gasteiger partial charge in [-0.25, -0.2) is 12.1 Å². The molecular formula is C40H39FeP-6. The molecule has 218 valence electrons. The molecule has 0 heterocycles. The van der Waals surface area contributed by atoms with Crippen LogP contribution >= 0.6 is 7.92 Å². The third-order valence-electron chi connectivity index (χ3n) is 7.92. The molecule has 0 unspecified atom stereocenters. The number of fused-ring (bicyclic) bond motifs is 5. The molecular weight excluding hydrogens is 567 g/mol. The molecule has 0 nitrogen and oxygen atoms in total. The van der Waals surface area contributed by atoms with Crippen molar-refractivity contribution in [1.82, 2.24) is 0 Å². The van der Waals surface area contributed by atoms with E-state index in [0.29, 0.717) is 10.3 Å². The van der Waals surface area contributed by atoms with E-state index in [1.165, 1.54) is 54.2 Å². The molecule has 7 rings (SSSR count). The van der Waals surface area contributed by atoms with Crippen LogP contribution in [0.15, 0.2) is 127 Å². The van der Waals surface area contributed by atoms with Crippen molar-refractivity contribution < 1.29 is 17.1 Å². The van der Waals surface area contributed by atoms with Crippen molar-refractivity contribution in [2.45, 2.75) is 51.9 Å². The third kappa shape index (κ3) is 5.98. The number of hydrogen-bond donors (Lipinski definition) is 0. The van der Waals surface area contributed by atoms with Gasteiger partial charge in [0.15, 0.2) is 0 Å². The van der Waals surface area contributed by atoms with Gasteiger partial charge in [-0.3, -0.25) is 0 Å². The maximum absolute atomic E-state index is 2.38. The Morgan fingerprint density at radius 1 is 0.524 bits per heavy atom. The van der Waals surface area contributed by atoms with Gasteiger partial charge in [-0.15, -0.1) is 24.7 Å². The Labute approximate surface area is 262 Å². The summed E-state index contributed by atoms with van der Waals surface area (Å²) in [4.78, 5) is 0. The van der Waals surface area contributed by atoms with E-state index >= 15 is 0 Å². The molecule has 7 aromatic carbocycles. The van der Waals surface area contributed by atoms with E-state index in [1.807, 2.05) is 0 Å². The second kappa shape index (κ2) is 11.8. The van der Waals surface area contributed by atoms with Crippen molar-refractivity contribution in [2.24, 2.45) is 0 Å². The van der Waals surface area contributed by atoms with Crippen molar-refractivity contribution >= 4 is 56.3 Å². The average Bonchev–Trinajstić information content (AvgIpc) is 3.64. The van der Waals surface area contributed by atoms with E-state index in [2.05, 4.69) is 169 Å². The Morgan fingerprint density at radius 3 is 1.62 bits per heavy atom. The van der Waals surface area contributed by atoms with E-state index in [1.54, 1.807) is 5.30 Å². The molecule has 0 aliphatic heterocycles. The van der Waals surface area contributed by atoms with Gasteiger partial charge in [0.2, 0.25) is 0 Å². The van der Waals surface area contributed by atoms with Gasteiger partial charge in [0.1, 0.15) is 0 Å². The van der Waals surface area contributed by atoms with Crippen LogP contribution in [-0.2, 0) is 17.1 Å². The molecule has 7 aromatic rings. The van der Waals surface area contributed by atoms with Crippen LogP contribution in [0, 0.1) is 0 Å². The fourth-order valence-corrected chi connectivity index (χ4v) is 10.7. The predicted molar refractivity (Wildman–Crippen MR) is 186 cm³/mol. The zero-order valence-corrected chi connectivity index (χ0v) is 27.4. The number of rotatable bonds is 2. The first-order chi connectivity index (χ1) is 19.6. The van der Waals surface area contributed by atoms with E-state index in [-0.39, 0.29) is 25.0 Å². The zero-order chi connectivity index (χ0) is 28.8. The molecule has 0 radical (unpaired) electrons. The summed E-state index contributed by atoms with van der Waals surface area (Å²) >= 11 is 0.